The van der Waals surface area contributed by atoms with Gasteiger partial charge in [-0.1, -0.05) is 23.3 Å². The Morgan fingerprint density at radius 3 is 3.00 bits per heavy atom. The molecule has 6 heteroatoms. The third-order valence-corrected chi connectivity index (χ3v) is 4.34. The lowest BCUT2D eigenvalue weighted by atomic mass is 9.95. The van der Waals surface area contributed by atoms with Crippen LogP contribution in [0.5, 0.6) is 0 Å². The fraction of sp³-hybridized carbons (Fsp3) is 0.438. The molecule has 1 N–H and O–H groups in total. The van der Waals surface area contributed by atoms with Crippen molar-refractivity contribution in [3.05, 3.63) is 40.3 Å². The second kappa shape index (κ2) is 6.08. The van der Waals surface area contributed by atoms with Gasteiger partial charge in [0.05, 0.1) is 0 Å². The summed E-state index contributed by atoms with van der Waals surface area (Å²) < 4.78 is 1.55. The first kappa shape index (κ1) is 15.0. The van der Waals surface area contributed by atoms with E-state index >= 15 is 0 Å². The van der Waals surface area contributed by atoms with Crippen molar-refractivity contribution >= 4 is 23.2 Å². The maximum Gasteiger partial charge on any atom is 0.273 e. The number of hydrogen-bond acceptors (Lipinski definition) is 3. The van der Waals surface area contributed by atoms with E-state index in [1.807, 2.05) is 13.8 Å². The fourth-order valence-corrected chi connectivity index (χ4v) is 3.02. The van der Waals surface area contributed by atoms with E-state index in [1.54, 1.807) is 16.9 Å². The molecular weight excluding hydrogens is 300 g/mol. The fourth-order valence-electron chi connectivity index (χ4n) is 2.76. The van der Waals surface area contributed by atoms with E-state index in [-0.39, 0.29) is 17.6 Å². The lowest BCUT2D eigenvalue weighted by molar-refractivity contribution is 0.0939. The molecule has 0 radical (unpaired) electrons. The van der Waals surface area contributed by atoms with E-state index in [4.69, 9.17) is 11.6 Å². The van der Waals surface area contributed by atoms with E-state index in [9.17, 15) is 4.79 Å². The molecule has 116 valence electrons. The van der Waals surface area contributed by atoms with E-state index in [0.29, 0.717) is 10.7 Å². The standard InChI is InChI=1S/C16H19ClN4O/c1-10-8-18-15-13(17)14(20-21(15)9-10)16(22)19-11(2)12-6-4-3-5-7-12/h6,8-9,11H,3-5,7H2,1-2H3,(H,19,22). The van der Waals surface area contributed by atoms with Crippen LogP contribution in [0, 0.1) is 6.92 Å². The molecule has 1 aliphatic rings. The molecule has 0 saturated carbocycles. The van der Waals surface area contributed by atoms with Crippen LogP contribution in [-0.2, 0) is 0 Å². The largest absolute Gasteiger partial charge is 0.344 e. The highest BCUT2D eigenvalue weighted by Crippen LogP contribution is 2.23. The number of amides is 1. The number of aryl methyl sites for hydroxylation is 1. The molecule has 5 nitrogen and oxygen atoms in total. The van der Waals surface area contributed by atoms with Gasteiger partial charge in [-0.25, -0.2) is 9.50 Å². The highest BCUT2D eigenvalue weighted by molar-refractivity contribution is 6.36. The van der Waals surface area contributed by atoms with Crippen molar-refractivity contribution in [2.24, 2.45) is 0 Å². The molecule has 1 unspecified atom stereocenters. The molecule has 0 aromatic carbocycles. The average molecular weight is 319 g/mol. The summed E-state index contributed by atoms with van der Waals surface area (Å²) in [6, 6.07) is 0.00312. The number of carbonyl (C=O) groups is 1. The molecule has 0 spiro atoms. The quantitative estimate of drug-likeness (QED) is 0.883. The minimum atomic E-state index is -0.257. The second-order valence-electron chi connectivity index (χ2n) is 5.78. The van der Waals surface area contributed by atoms with Crippen molar-refractivity contribution in [2.75, 3.05) is 0 Å². The Balaban J connectivity index is 1.83. The molecule has 2 aromatic heterocycles. The number of aromatic nitrogens is 3. The first-order valence-electron chi connectivity index (χ1n) is 7.56. The lowest BCUT2D eigenvalue weighted by Crippen LogP contribution is -2.34. The Morgan fingerprint density at radius 2 is 2.27 bits per heavy atom. The topological polar surface area (TPSA) is 59.3 Å². The van der Waals surface area contributed by atoms with Gasteiger partial charge in [-0.05, 0) is 45.1 Å². The molecule has 22 heavy (non-hydrogen) atoms. The van der Waals surface area contributed by atoms with Crippen LogP contribution in [0.1, 0.15) is 48.7 Å². The number of fused-ring (bicyclic) bond motifs is 1. The van der Waals surface area contributed by atoms with Gasteiger partial charge in [-0.15, -0.1) is 0 Å². The van der Waals surface area contributed by atoms with Gasteiger partial charge in [-0.3, -0.25) is 4.79 Å². The summed E-state index contributed by atoms with van der Waals surface area (Å²) in [7, 11) is 0. The van der Waals surface area contributed by atoms with Gasteiger partial charge in [-0.2, -0.15) is 5.10 Å². The van der Waals surface area contributed by atoms with Crippen molar-refractivity contribution in [1.29, 1.82) is 0 Å². The van der Waals surface area contributed by atoms with Crippen molar-refractivity contribution in [2.45, 2.75) is 45.6 Å². The van der Waals surface area contributed by atoms with Crippen molar-refractivity contribution in [3.8, 4) is 0 Å². The number of allylic oxidation sites excluding steroid dienone is 1. The number of rotatable bonds is 3. The molecule has 2 heterocycles. The monoisotopic (exact) mass is 318 g/mol. The molecular formula is C16H19ClN4O. The summed E-state index contributed by atoms with van der Waals surface area (Å²) >= 11 is 6.25. The smallest absolute Gasteiger partial charge is 0.273 e. The van der Waals surface area contributed by atoms with Crippen LogP contribution in [0.3, 0.4) is 0 Å². The normalized spacial score (nSPS) is 16.4. The van der Waals surface area contributed by atoms with Crippen LogP contribution in [-0.4, -0.2) is 26.5 Å². The number of nitrogens with one attached hydrogen (secondary N) is 1. The average Bonchev–Trinajstić information content (AvgIpc) is 2.84. The van der Waals surface area contributed by atoms with Gasteiger partial charge in [0.1, 0.15) is 5.02 Å². The summed E-state index contributed by atoms with van der Waals surface area (Å²) in [5.41, 5.74) is 2.97. The van der Waals surface area contributed by atoms with Crippen LogP contribution in [0.25, 0.3) is 5.65 Å². The van der Waals surface area contributed by atoms with Crippen molar-refractivity contribution in [1.82, 2.24) is 19.9 Å². The van der Waals surface area contributed by atoms with Gasteiger partial charge in [0.25, 0.3) is 5.91 Å². The highest BCUT2D eigenvalue weighted by atomic mass is 35.5. The van der Waals surface area contributed by atoms with Crippen LogP contribution in [0.4, 0.5) is 0 Å². The maximum absolute atomic E-state index is 12.4. The van der Waals surface area contributed by atoms with E-state index in [0.717, 1.165) is 18.4 Å². The second-order valence-corrected chi connectivity index (χ2v) is 6.16. The number of nitrogens with zero attached hydrogens (tertiary/aromatic N) is 3. The Kier molecular flexibility index (Phi) is 4.16. The van der Waals surface area contributed by atoms with Crippen molar-refractivity contribution < 1.29 is 4.79 Å². The third kappa shape index (κ3) is 2.86. The Hall–Kier alpha value is -1.88. The lowest BCUT2D eigenvalue weighted by Gasteiger charge is -2.20. The molecule has 2 aromatic rings. The predicted octanol–water partition coefficient (Wildman–Crippen LogP) is 3.31. The zero-order chi connectivity index (χ0) is 15.7. The van der Waals surface area contributed by atoms with Crippen LogP contribution in [0.2, 0.25) is 5.02 Å². The van der Waals surface area contributed by atoms with Gasteiger partial charge in [0.15, 0.2) is 11.3 Å². The summed E-state index contributed by atoms with van der Waals surface area (Å²) in [6.07, 6.45) is 10.3. The molecule has 1 atom stereocenters. The van der Waals surface area contributed by atoms with Gasteiger partial charge < -0.3 is 5.32 Å². The molecule has 1 amide bonds. The SMILES string of the molecule is Cc1cnc2c(Cl)c(C(=O)NC(C)C3=CCCCC3)nn2c1. The molecule has 0 fully saturated rings. The number of hydrogen-bond donors (Lipinski definition) is 1. The van der Waals surface area contributed by atoms with Gasteiger partial charge in [0.2, 0.25) is 0 Å². The summed E-state index contributed by atoms with van der Waals surface area (Å²) in [4.78, 5) is 16.7. The molecule has 0 saturated heterocycles. The Labute approximate surface area is 134 Å². The predicted molar refractivity (Wildman–Crippen MR) is 86.2 cm³/mol. The van der Waals surface area contributed by atoms with Crippen LogP contribution < -0.4 is 5.32 Å². The summed E-state index contributed by atoms with van der Waals surface area (Å²) in [5, 5.41) is 7.54. The van der Waals surface area contributed by atoms with Gasteiger partial charge >= 0.3 is 0 Å². The molecule has 3 rings (SSSR count). The zero-order valence-corrected chi connectivity index (χ0v) is 13.5. The summed E-state index contributed by atoms with van der Waals surface area (Å²) in [6.45, 7) is 3.92. The Morgan fingerprint density at radius 1 is 1.45 bits per heavy atom. The maximum atomic E-state index is 12.4. The molecule has 0 aliphatic heterocycles. The van der Waals surface area contributed by atoms with E-state index < -0.39 is 0 Å². The number of carbonyl (C=O) groups excluding carboxylic acids is 1. The molecule has 1 aliphatic carbocycles. The van der Waals surface area contributed by atoms with Gasteiger partial charge in [0, 0.05) is 18.4 Å². The van der Waals surface area contributed by atoms with E-state index in [2.05, 4.69) is 21.5 Å². The minimum absolute atomic E-state index is 0.00312. The number of halogens is 1. The van der Waals surface area contributed by atoms with E-state index in [1.165, 1.54) is 18.4 Å². The van der Waals surface area contributed by atoms with Crippen LogP contribution >= 0.6 is 11.6 Å². The minimum Gasteiger partial charge on any atom is -0.344 e. The highest BCUT2D eigenvalue weighted by Gasteiger charge is 2.21. The molecule has 0 bridgehead atoms. The summed E-state index contributed by atoms with van der Waals surface area (Å²) in [5.74, 6) is -0.257. The third-order valence-electron chi connectivity index (χ3n) is 3.99. The van der Waals surface area contributed by atoms with Crippen molar-refractivity contribution in [3.63, 3.8) is 0 Å². The first-order valence-corrected chi connectivity index (χ1v) is 7.94. The first-order chi connectivity index (χ1) is 10.6. The van der Waals surface area contributed by atoms with Crippen LogP contribution in [0.15, 0.2) is 24.0 Å². The Bertz CT molecular complexity index is 750. The zero-order valence-electron chi connectivity index (χ0n) is 12.8.